The van der Waals surface area contributed by atoms with Crippen LogP contribution in [0.15, 0.2) is 11.6 Å². The molecule has 0 bridgehead atoms. The average molecular weight is 301 g/mol. The Morgan fingerprint density at radius 1 is 1.25 bits per heavy atom. The van der Waals surface area contributed by atoms with E-state index in [1.165, 1.54) is 7.11 Å². The van der Waals surface area contributed by atoms with Gasteiger partial charge in [-0.15, -0.1) is 0 Å². The van der Waals surface area contributed by atoms with E-state index in [4.69, 9.17) is 9.16 Å². The van der Waals surface area contributed by atoms with Gasteiger partial charge in [-0.25, -0.2) is 4.79 Å². The van der Waals surface area contributed by atoms with E-state index in [1.807, 2.05) is 6.08 Å². The zero-order chi connectivity index (χ0) is 16.1. The molecular weight excluding hydrogens is 268 g/mol. The molecule has 20 heavy (non-hydrogen) atoms. The largest absolute Gasteiger partial charge is 0.466 e. The Kier molecular flexibility index (Phi) is 7.18. The second-order valence-corrected chi connectivity index (χ2v) is 12.0. The van der Waals surface area contributed by atoms with Gasteiger partial charge in [-0.2, -0.15) is 0 Å². The molecule has 0 aliphatic rings. The van der Waals surface area contributed by atoms with Crippen LogP contribution in [0.2, 0.25) is 18.1 Å². The Morgan fingerprint density at radius 2 is 1.75 bits per heavy atom. The zero-order valence-corrected chi connectivity index (χ0v) is 15.7. The van der Waals surface area contributed by atoms with Crippen LogP contribution in [-0.2, 0) is 14.0 Å². The molecule has 0 saturated heterocycles. The highest BCUT2D eigenvalue weighted by Crippen LogP contribution is 2.37. The molecule has 0 aliphatic heterocycles. The quantitative estimate of drug-likeness (QED) is 0.410. The lowest BCUT2D eigenvalue weighted by molar-refractivity contribution is -0.136. The summed E-state index contributed by atoms with van der Waals surface area (Å²) in [5, 5.41) is 0.224. The summed E-state index contributed by atoms with van der Waals surface area (Å²) in [4.78, 5) is 11.4. The topological polar surface area (TPSA) is 35.5 Å². The summed E-state index contributed by atoms with van der Waals surface area (Å²) in [7, 11) is -0.306. The summed E-state index contributed by atoms with van der Waals surface area (Å²) < 4.78 is 11.0. The molecule has 0 rings (SSSR count). The maximum atomic E-state index is 11.4. The SMILES string of the molecule is COC(=O)/C(C)=C/[C@H](C)C[C@H](C)O[Si](C)(C)C(C)(C)C. The molecule has 0 aromatic rings. The molecule has 0 heterocycles. The molecule has 4 heteroatoms. The second kappa shape index (κ2) is 7.41. The van der Waals surface area contributed by atoms with Gasteiger partial charge in [-0.3, -0.25) is 0 Å². The molecule has 0 aliphatic carbocycles. The first kappa shape index (κ1) is 19.4. The maximum absolute atomic E-state index is 11.4. The minimum absolute atomic E-state index is 0.201. The normalized spacial score (nSPS) is 16.8. The molecule has 0 aromatic carbocycles. The number of hydrogen-bond acceptors (Lipinski definition) is 3. The smallest absolute Gasteiger partial charge is 0.333 e. The van der Waals surface area contributed by atoms with Gasteiger partial charge in [0.25, 0.3) is 0 Å². The third kappa shape index (κ3) is 6.22. The standard InChI is InChI=1S/C16H32O3Si/c1-12(10-13(2)15(17)18-7)11-14(3)19-20(8,9)16(4,5)6/h10,12,14H,11H2,1-9H3/b13-10+/t12-,14-/m0/s1. The molecule has 3 nitrogen and oxygen atoms in total. The molecule has 2 atom stereocenters. The summed E-state index contributed by atoms with van der Waals surface area (Å²) >= 11 is 0. The van der Waals surface area contributed by atoms with Crippen LogP contribution in [0, 0.1) is 5.92 Å². The van der Waals surface area contributed by atoms with E-state index in [-0.39, 0.29) is 17.1 Å². The van der Waals surface area contributed by atoms with Crippen LogP contribution in [0.25, 0.3) is 0 Å². The van der Waals surface area contributed by atoms with Crippen molar-refractivity contribution in [2.24, 2.45) is 5.92 Å². The van der Waals surface area contributed by atoms with E-state index in [0.717, 1.165) is 6.42 Å². The van der Waals surface area contributed by atoms with Crippen molar-refractivity contribution in [3.8, 4) is 0 Å². The van der Waals surface area contributed by atoms with Crippen LogP contribution in [0.4, 0.5) is 0 Å². The lowest BCUT2D eigenvalue weighted by atomic mass is 10.0. The molecule has 0 unspecified atom stereocenters. The molecule has 0 amide bonds. The van der Waals surface area contributed by atoms with E-state index < -0.39 is 8.32 Å². The van der Waals surface area contributed by atoms with Gasteiger partial charge in [0.1, 0.15) is 0 Å². The lowest BCUT2D eigenvalue weighted by Gasteiger charge is -2.38. The summed E-state index contributed by atoms with van der Waals surface area (Å²) in [5.41, 5.74) is 0.666. The molecule has 0 aromatic heterocycles. The number of carbonyl (C=O) groups is 1. The molecule has 0 fully saturated rings. The fourth-order valence-corrected chi connectivity index (χ4v) is 3.43. The first-order valence-electron chi connectivity index (χ1n) is 7.35. The van der Waals surface area contributed by atoms with Crippen LogP contribution < -0.4 is 0 Å². The highest BCUT2D eigenvalue weighted by atomic mass is 28.4. The monoisotopic (exact) mass is 300 g/mol. The van der Waals surface area contributed by atoms with Gasteiger partial charge in [-0.1, -0.05) is 33.8 Å². The fraction of sp³-hybridized carbons (Fsp3) is 0.812. The summed E-state index contributed by atoms with van der Waals surface area (Å²) in [6, 6.07) is 0. The van der Waals surface area contributed by atoms with Crippen LogP contribution in [0.5, 0.6) is 0 Å². The second-order valence-electron chi connectivity index (χ2n) is 7.24. The zero-order valence-electron chi connectivity index (χ0n) is 14.7. The van der Waals surface area contributed by atoms with Gasteiger partial charge < -0.3 is 9.16 Å². The van der Waals surface area contributed by atoms with Crippen LogP contribution in [0.3, 0.4) is 0 Å². The van der Waals surface area contributed by atoms with Gasteiger partial charge in [0, 0.05) is 11.7 Å². The first-order valence-corrected chi connectivity index (χ1v) is 10.3. The number of allylic oxidation sites excluding steroid dienone is 1. The molecule has 0 N–H and O–H groups in total. The van der Waals surface area contributed by atoms with Crippen molar-refractivity contribution in [3.63, 3.8) is 0 Å². The third-order valence-corrected chi connectivity index (χ3v) is 8.65. The maximum Gasteiger partial charge on any atom is 0.333 e. The van der Waals surface area contributed by atoms with Gasteiger partial charge in [0.15, 0.2) is 8.32 Å². The van der Waals surface area contributed by atoms with Crippen molar-refractivity contribution in [1.82, 2.24) is 0 Å². The summed E-state index contributed by atoms with van der Waals surface area (Å²) in [5.74, 6) is 0.0451. The number of methoxy groups -OCH3 is 1. The van der Waals surface area contributed by atoms with Gasteiger partial charge >= 0.3 is 5.97 Å². The van der Waals surface area contributed by atoms with E-state index in [9.17, 15) is 4.79 Å². The number of rotatable bonds is 6. The molecule has 0 radical (unpaired) electrons. The van der Waals surface area contributed by atoms with E-state index >= 15 is 0 Å². The minimum atomic E-state index is -1.72. The van der Waals surface area contributed by atoms with Gasteiger partial charge in [0.2, 0.25) is 0 Å². The number of hydrogen-bond donors (Lipinski definition) is 0. The van der Waals surface area contributed by atoms with Gasteiger partial charge in [0.05, 0.1) is 7.11 Å². The molecule has 118 valence electrons. The summed E-state index contributed by atoms with van der Waals surface area (Å²) in [6.07, 6.45) is 3.09. The predicted octanol–water partition coefficient (Wildman–Crippen LogP) is 4.54. The van der Waals surface area contributed by atoms with Crippen LogP contribution in [0.1, 0.15) is 48.0 Å². The first-order chi connectivity index (χ1) is 8.90. The Morgan fingerprint density at radius 3 is 2.15 bits per heavy atom. The third-order valence-electron chi connectivity index (χ3n) is 4.05. The highest BCUT2D eigenvalue weighted by molar-refractivity contribution is 6.74. The van der Waals surface area contributed by atoms with Crippen molar-refractivity contribution in [2.75, 3.05) is 7.11 Å². The van der Waals surface area contributed by atoms with Gasteiger partial charge in [-0.05, 0) is 44.3 Å². The minimum Gasteiger partial charge on any atom is -0.466 e. The van der Waals surface area contributed by atoms with E-state index in [0.29, 0.717) is 11.5 Å². The Balaban J connectivity index is 4.56. The van der Waals surface area contributed by atoms with E-state index in [1.54, 1.807) is 6.92 Å². The predicted molar refractivity (Wildman–Crippen MR) is 87.3 cm³/mol. The fourth-order valence-electron chi connectivity index (χ4n) is 1.98. The summed E-state index contributed by atoms with van der Waals surface area (Å²) in [6.45, 7) is 17.3. The Bertz CT molecular complexity index is 353. The number of esters is 1. The van der Waals surface area contributed by atoms with Crippen molar-refractivity contribution in [2.45, 2.75) is 72.2 Å². The molecular formula is C16H32O3Si. The lowest BCUT2D eigenvalue weighted by Crippen LogP contribution is -2.43. The Hall–Kier alpha value is -0.613. The Labute approximate surface area is 125 Å². The van der Waals surface area contributed by atoms with Crippen molar-refractivity contribution in [3.05, 3.63) is 11.6 Å². The van der Waals surface area contributed by atoms with Crippen molar-refractivity contribution in [1.29, 1.82) is 0 Å². The van der Waals surface area contributed by atoms with Crippen LogP contribution >= 0.6 is 0 Å². The van der Waals surface area contributed by atoms with Crippen molar-refractivity contribution >= 4 is 14.3 Å². The van der Waals surface area contributed by atoms with Crippen molar-refractivity contribution < 1.29 is 14.0 Å². The van der Waals surface area contributed by atoms with Crippen LogP contribution in [-0.4, -0.2) is 27.5 Å². The average Bonchev–Trinajstić information content (AvgIpc) is 2.24. The molecule has 0 spiro atoms. The molecule has 0 saturated carbocycles. The highest BCUT2D eigenvalue weighted by Gasteiger charge is 2.38. The number of carbonyl (C=O) groups excluding carboxylic acids is 1. The number of ether oxygens (including phenoxy) is 1. The van der Waals surface area contributed by atoms with E-state index in [2.05, 4.69) is 47.7 Å².